The van der Waals surface area contributed by atoms with E-state index in [1.54, 1.807) is 29.8 Å². The Labute approximate surface area is 155 Å². The van der Waals surface area contributed by atoms with E-state index < -0.39 is 10.0 Å². The van der Waals surface area contributed by atoms with Gasteiger partial charge in [0.05, 0.1) is 15.7 Å². The van der Waals surface area contributed by atoms with Crippen LogP contribution in [0.3, 0.4) is 0 Å². The zero-order chi connectivity index (χ0) is 17.0. The molecule has 2 aromatic carbocycles. The first kappa shape index (κ1) is 19.7. The van der Waals surface area contributed by atoms with Crippen molar-refractivity contribution in [2.75, 3.05) is 13.1 Å². The van der Waals surface area contributed by atoms with Crippen molar-refractivity contribution < 1.29 is 12.8 Å². The van der Waals surface area contributed by atoms with Crippen LogP contribution in [0.25, 0.3) is 10.2 Å². The van der Waals surface area contributed by atoms with Gasteiger partial charge in [0.2, 0.25) is 10.0 Å². The van der Waals surface area contributed by atoms with Gasteiger partial charge in [0.1, 0.15) is 10.7 Å². The fourth-order valence-corrected chi connectivity index (χ4v) is 4.61. The first-order valence-electron chi connectivity index (χ1n) is 7.33. The van der Waals surface area contributed by atoms with E-state index >= 15 is 0 Å². The highest BCUT2D eigenvalue weighted by molar-refractivity contribution is 7.90. The molecule has 1 aromatic heterocycles. The molecule has 0 spiro atoms. The van der Waals surface area contributed by atoms with E-state index in [2.05, 4.69) is 15.0 Å². The lowest BCUT2D eigenvalue weighted by atomic mass is 10.2. The van der Waals surface area contributed by atoms with Gasteiger partial charge in [0, 0.05) is 19.6 Å². The molecule has 0 atom stereocenters. The van der Waals surface area contributed by atoms with Crippen LogP contribution in [0, 0.1) is 5.82 Å². The van der Waals surface area contributed by atoms with E-state index in [9.17, 15) is 12.8 Å². The summed E-state index contributed by atoms with van der Waals surface area (Å²) in [5.74, 6) is -0.285. The Morgan fingerprint density at radius 1 is 1.12 bits per heavy atom. The van der Waals surface area contributed by atoms with Crippen molar-refractivity contribution in [3.8, 4) is 0 Å². The highest BCUT2D eigenvalue weighted by Gasteiger charge is 2.17. The smallest absolute Gasteiger partial charge is 0.242 e. The van der Waals surface area contributed by atoms with Crippen molar-refractivity contribution in [3.63, 3.8) is 0 Å². The quantitative estimate of drug-likeness (QED) is 0.597. The monoisotopic (exact) mass is 401 g/mol. The fraction of sp³-hybridized carbons (Fsp3) is 0.188. The van der Waals surface area contributed by atoms with Crippen LogP contribution in [0.1, 0.15) is 5.56 Å². The second-order valence-corrected chi connectivity index (χ2v) is 7.75. The van der Waals surface area contributed by atoms with E-state index in [0.29, 0.717) is 23.3 Å². The largest absolute Gasteiger partial charge is 0.311 e. The second kappa shape index (κ2) is 8.68. The molecule has 0 saturated carbocycles. The van der Waals surface area contributed by atoms with Gasteiger partial charge < -0.3 is 5.32 Å². The molecule has 0 aliphatic rings. The fourth-order valence-electron chi connectivity index (χ4n) is 2.30. The minimum atomic E-state index is -3.59. The van der Waals surface area contributed by atoms with Crippen molar-refractivity contribution in [3.05, 3.63) is 59.4 Å². The van der Waals surface area contributed by atoms with Crippen LogP contribution in [-0.4, -0.2) is 26.5 Å². The van der Waals surface area contributed by atoms with Crippen LogP contribution >= 0.6 is 23.7 Å². The molecule has 0 aliphatic heterocycles. The first-order valence-corrected chi connectivity index (χ1v) is 9.69. The molecular formula is C16H17ClFN3O2S2. The SMILES string of the molecule is Cl.O=S(=O)(NCCNCc1cccc(F)c1)c1cccc2ncsc12. The van der Waals surface area contributed by atoms with Gasteiger partial charge in [-0.1, -0.05) is 18.2 Å². The zero-order valence-corrected chi connectivity index (χ0v) is 15.6. The summed E-state index contributed by atoms with van der Waals surface area (Å²) < 4.78 is 41.1. The molecule has 0 amide bonds. The van der Waals surface area contributed by atoms with Gasteiger partial charge in [0.15, 0.2) is 0 Å². The van der Waals surface area contributed by atoms with Crippen molar-refractivity contribution in [1.82, 2.24) is 15.0 Å². The number of nitrogens with one attached hydrogen (secondary N) is 2. The third kappa shape index (κ3) is 4.96. The van der Waals surface area contributed by atoms with E-state index in [0.717, 1.165) is 5.56 Å². The maximum Gasteiger partial charge on any atom is 0.242 e. The van der Waals surface area contributed by atoms with Gasteiger partial charge in [-0.25, -0.2) is 22.5 Å². The van der Waals surface area contributed by atoms with Gasteiger partial charge in [0.25, 0.3) is 0 Å². The lowest BCUT2D eigenvalue weighted by Crippen LogP contribution is -2.31. The second-order valence-electron chi connectivity index (χ2n) is 5.16. The summed E-state index contributed by atoms with van der Waals surface area (Å²) in [6.45, 7) is 1.16. The molecule has 0 aliphatic carbocycles. The molecule has 0 saturated heterocycles. The maximum absolute atomic E-state index is 13.1. The summed E-state index contributed by atoms with van der Waals surface area (Å²) in [6.07, 6.45) is 0. The number of nitrogens with zero attached hydrogens (tertiary/aromatic N) is 1. The molecule has 2 N–H and O–H groups in total. The predicted octanol–water partition coefficient (Wildman–Crippen LogP) is 2.93. The lowest BCUT2D eigenvalue weighted by Gasteiger charge is -2.08. The Morgan fingerprint density at radius 2 is 1.92 bits per heavy atom. The molecule has 3 rings (SSSR count). The third-order valence-electron chi connectivity index (χ3n) is 3.42. The average Bonchev–Trinajstić information content (AvgIpc) is 3.03. The van der Waals surface area contributed by atoms with E-state index in [4.69, 9.17) is 0 Å². The first-order chi connectivity index (χ1) is 11.6. The normalized spacial score (nSPS) is 11.4. The summed E-state index contributed by atoms with van der Waals surface area (Å²) in [7, 11) is -3.59. The lowest BCUT2D eigenvalue weighted by molar-refractivity contribution is 0.576. The Kier molecular flexibility index (Phi) is 6.86. The minimum Gasteiger partial charge on any atom is -0.311 e. The molecule has 1 heterocycles. The molecular weight excluding hydrogens is 385 g/mol. The van der Waals surface area contributed by atoms with Gasteiger partial charge >= 0.3 is 0 Å². The van der Waals surface area contributed by atoms with Gasteiger partial charge in [-0.2, -0.15) is 0 Å². The van der Waals surface area contributed by atoms with Crippen LogP contribution in [0.4, 0.5) is 4.39 Å². The molecule has 5 nitrogen and oxygen atoms in total. The Bertz CT molecular complexity index is 947. The van der Waals surface area contributed by atoms with Crippen LogP contribution < -0.4 is 10.0 Å². The van der Waals surface area contributed by atoms with Crippen molar-refractivity contribution in [1.29, 1.82) is 0 Å². The number of rotatable bonds is 7. The number of hydrogen-bond donors (Lipinski definition) is 2. The van der Waals surface area contributed by atoms with Crippen LogP contribution in [0.15, 0.2) is 52.9 Å². The minimum absolute atomic E-state index is 0. The Balaban J connectivity index is 0.00000225. The summed E-state index contributed by atoms with van der Waals surface area (Å²) in [4.78, 5) is 4.37. The van der Waals surface area contributed by atoms with E-state index in [-0.39, 0.29) is 29.7 Å². The standard InChI is InChI=1S/C16H16FN3O2S2.ClH/c17-13-4-1-3-12(9-13)10-18-7-8-20-24(21,22)15-6-2-5-14-16(15)23-11-19-14;/h1-6,9,11,18,20H,7-8,10H2;1H. The average molecular weight is 402 g/mol. The number of fused-ring (bicyclic) bond motifs is 1. The predicted molar refractivity (Wildman–Crippen MR) is 100 cm³/mol. The van der Waals surface area contributed by atoms with Crippen LogP contribution in [-0.2, 0) is 16.6 Å². The topological polar surface area (TPSA) is 71.1 Å². The summed E-state index contributed by atoms with van der Waals surface area (Å²) in [5, 5.41) is 3.08. The van der Waals surface area contributed by atoms with Crippen molar-refractivity contribution in [2.24, 2.45) is 0 Å². The molecule has 3 aromatic rings. The summed E-state index contributed by atoms with van der Waals surface area (Å²) in [5.41, 5.74) is 3.11. The van der Waals surface area contributed by atoms with Crippen LogP contribution in [0.2, 0.25) is 0 Å². The molecule has 25 heavy (non-hydrogen) atoms. The van der Waals surface area contributed by atoms with Gasteiger partial charge in [-0.15, -0.1) is 23.7 Å². The number of sulfonamides is 1. The zero-order valence-electron chi connectivity index (χ0n) is 13.1. The molecule has 0 bridgehead atoms. The Morgan fingerprint density at radius 3 is 2.72 bits per heavy atom. The van der Waals surface area contributed by atoms with Crippen molar-refractivity contribution >= 4 is 44.0 Å². The number of aromatic nitrogens is 1. The van der Waals surface area contributed by atoms with E-state index in [1.165, 1.54) is 23.5 Å². The van der Waals surface area contributed by atoms with E-state index in [1.807, 2.05) is 6.07 Å². The third-order valence-corrected chi connectivity index (χ3v) is 5.93. The number of hydrogen-bond acceptors (Lipinski definition) is 5. The number of thiazole rings is 1. The van der Waals surface area contributed by atoms with Crippen LogP contribution in [0.5, 0.6) is 0 Å². The molecule has 0 unspecified atom stereocenters. The molecule has 0 fully saturated rings. The summed E-state index contributed by atoms with van der Waals surface area (Å²) >= 11 is 1.30. The van der Waals surface area contributed by atoms with Gasteiger partial charge in [-0.3, -0.25) is 0 Å². The highest BCUT2D eigenvalue weighted by atomic mass is 35.5. The highest BCUT2D eigenvalue weighted by Crippen LogP contribution is 2.25. The van der Waals surface area contributed by atoms with Crippen molar-refractivity contribution in [2.45, 2.75) is 11.4 Å². The molecule has 0 radical (unpaired) electrons. The summed E-state index contributed by atoms with van der Waals surface area (Å²) in [6, 6.07) is 11.3. The number of halogens is 2. The maximum atomic E-state index is 13.1. The number of benzene rings is 2. The molecule has 134 valence electrons. The van der Waals surface area contributed by atoms with Gasteiger partial charge in [-0.05, 0) is 29.8 Å². The molecule has 9 heteroatoms. The Hall–Kier alpha value is -1.58.